The minimum Gasteiger partial charge on any atom is -0.380 e. The first-order valence-electron chi connectivity index (χ1n) is 7.80. The van der Waals surface area contributed by atoms with E-state index in [9.17, 15) is 4.79 Å². The van der Waals surface area contributed by atoms with Crippen molar-refractivity contribution in [1.82, 2.24) is 10.6 Å². The predicted molar refractivity (Wildman–Crippen MR) is 77.6 cm³/mol. The van der Waals surface area contributed by atoms with Crippen LogP contribution in [-0.2, 0) is 14.3 Å². The van der Waals surface area contributed by atoms with Gasteiger partial charge in [-0.15, -0.1) is 0 Å². The highest BCUT2D eigenvalue weighted by Gasteiger charge is 2.31. The molecule has 0 aromatic carbocycles. The van der Waals surface area contributed by atoms with Crippen LogP contribution in [0, 0.1) is 0 Å². The van der Waals surface area contributed by atoms with Crippen LogP contribution in [0.4, 0.5) is 0 Å². The van der Waals surface area contributed by atoms with Crippen molar-refractivity contribution >= 4 is 5.91 Å². The highest BCUT2D eigenvalue weighted by molar-refractivity contribution is 5.82. The Kier molecular flexibility index (Phi) is 5.81. The van der Waals surface area contributed by atoms with Gasteiger partial charge in [-0.3, -0.25) is 4.79 Å². The van der Waals surface area contributed by atoms with Gasteiger partial charge in [0.1, 0.15) is 0 Å². The van der Waals surface area contributed by atoms with E-state index in [0.717, 1.165) is 38.6 Å². The number of hydrogen-bond acceptors (Lipinski definition) is 4. The first-order valence-corrected chi connectivity index (χ1v) is 7.80. The molecule has 1 saturated heterocycles. The molecule has 0 spiro atoms. The van der Waals surface area contributed by atoms with Crippen LogP contribution >= 0.6 is 0 Å². The standard InChI is InChI=1S/C15H28N2O3/c1-10(2)20-12-6-4-11(5-7-12)17-15(18)14-8-13(19-3)9-16-14/h10-14,16H,4-9H2,1-3H3,(H,17,18)/t11?,12?,13-,14+/m0/s1. The van der Waals surface area contributed by atoms with E-state index in [0.29, 0.717) is 18.2 Å². The van der Waals surface area contributed by atoms with Crippen LogP contribution in [0.25, 0.3) is 0 Å². The number of rotatable bonds is 5. The zero-order valence-corrected chi connectivity index (χ0v) is 12.9. The zero-order valence-electron chi connectivity index (χ0n) is 12.9. The first kappa shape index (κ1) is 15.7. The minimum atomic E-state index is -0.0930. The maximum atomic E-state index is 12.2. The van der Waals surface area contributed by atoms with Gasteiger partial charge in [0, 0.05) is 19.7 Å². The van der Waals surface area contributed by atoms with Gasteiger partial charge in [-0.1, -0.05) is 0 Å². The third-order valence-corrected chi connectivity index (χ3v) is 4.23. The van der Waals surface area contributed by atoms with Gasteiger partial charge < -0.3 is 20.1 Å². The van der Waals surface area contributed by atoms with Gasteiger partial charge in [0.2, 0.25) is 5.91 Å². The Morgan fingerprint density at radius 1 is 1.20 bits per heavy atom. The lowest BCUT2D eigenvalue weighted by atomic mass is 9.92. The number of amides is 1. The van der Waals surface area contributed by atoms with E-state index >= 15 is 0 Å². The van der Waals surface area contributed by atoms with E-state index in [1.165, 1.54) is 0 Å². The van der Waals surface area contributed by atoms with Crippen molar-refractivity contribution in [3.63, 3.8) is 0 Å². The first-order chi connectivity index (χ1) is 9.58. The smallest absolute Gasteiger partial charge is 0.237 e. The summed E-state index contributed by atoms with van der Waals surface area (Å²) in [5, 5.41) is 6.39. The molecule has 0 aromatic heterocycles. The molecule has 0 bridgehead atoms. The molecule has 1 aliphatic carbocycles. The molecule has 1 aliphatic heterocycles. The fourth-order valence-corrected chi connectivity index (χ4v) is 3.11. The van der Waals surface area contributed by atoms with Gasteiger partial charge in [-0.2, -0.15) is 0 Å². The highest BCUT2D eigenvalue weighted by atomic mass is 16.5. The van der Waals surface area contributed by atoms with Crippen LogP contribution in [0.15, 0.2) is 0 Å². The molecule has 2 N–H and O–H groups in total. The second-order valence-corrected chi connectivity index (χ2v) is 6.22. The SMILES string of the molecule is CO[C@@H]1CN[C@@H](C(=O)NC2CCC(OC(C)C)CC2)C1. The fraction of sp³-hybridized carbons (Fsp3) is 0.933. The molecule has 2 fully saturated rings. The summed E-state index contributed by atoms with van der Waals surface area (Å²) in [6, 6.07) is 0.211. The Morgan fingerprint density at radius 2 is 1.90 bits per heavy atom. The quantitative estimate of drug-likeness (QED) is 0.797. The Balaban J connectivity index is 1.69. The lowest BCUT2D eigenvalue weighted by Gasteiger charge is -2.30. The molecule has 116 valence electrons. The molecule has 20 heavy (non-hydrogen) atoms. The monoisotopic (exact) mass is 284 g/mol. The lowest BCUT2D eigenvalue weighted by molar-refractivity contribution is -0.124. The van der Waals surface area contributed by atoms with Gasteiger partial charge in [-0.25, -0.2) is 0 Å². The van der Waals surface area contributed by atoms with E-state index < -0.39 is 0 Å². The van der Waals surface area contributed by atoms with Crippen molar-refractivity contribution in [1.29, 1.82) is 0 Å². The van der Waals surface area contributed by atoms with Crippen LogP contribution in [0.3, 0.4) is 0 Å². The van der Waals surface area contributed by atoms with E-state index in [1.807, 2.05) is 0 Å². The van der Waals surface area contributed by atoms with Gasteiger partial charge >= 0.3 is 0 Å². The fourth-order valence-electron chi connectivity index (χ4n) is 3.11. The summed E-state index contributed by atoms with van der Waals surface area (Å²) >= 11 is 0. The summed E-state index contributed by atoms with van der Waals surface area (Å²) in [5.41, 5.74) is 0. The summed E-state index contributed by atoms with van der Waals surface area (Å²) in [4.78, 5) is 12.2. The molecule has 1 heterocycles. The largest absolute Gasteiger partial charge is 0.380 e. The molecule has 1 saturated carbocycles. The van der Waals surface area contributed by atoms with Crippen molar-refractivity contribution in [3.8, 4) is 0 Å². The van der Waals surface area contributed by atoms with Crippen LogP contribution in [0.5, 0.6) is 0 Å². The summed E-state index contributed by atoms with van der Waals surface area (Å²) in [6.45, 7) is 4.92. The average molecular weight is 284 g/mol. The number of ether oxygens (including phenoxy) is 2. The van der Waals surface area contributed by atoms with Crippen molar-refractivity contribution in [2.75, 3.05) is 13.7 Å². The van der Waals surface area contributed by atoms with Gasteiger partial charge in [0.25, 0.3) is 0 Å². The summed E-state index contributed by atoms with van der Waals surface area (Å²) in [7, 11) is 1.70. The Bertz CT molecular complexity index is 314. The summed E-state index contributed by atoms with van der Waals surface area (Å²) < 4.78 is 11.1. The second kappa shape index (κ2) is 7.38. The normalized spacial score (nSPS) is 34.4. The molecule has 5 nitrogen and oxygen atoms in total. The van der Waals surface area contributed by atoms with Crippen molar-refractivity contribution < 1.29 is 14.3 Å². The molecular weight excluding hydrogens is 256 g/mol. The summed E-state index contributed by atoms with van der Waals surface area (Å²) in [6.07, 6.45) is 5.72. The van der Waals surface area contributed by atoms with Crippen LogP contribution in [-0.4, -0.2) is 50.0 Å². The van der Waals surface area contributed by atoms with E-state index in [2.05, 4.69) is 24.5 Å². The van der Waals surface area contributed by atoms with Crippen LogP contribution < -0.4 is 10.6 Å². The predicted octanol–water partition coefficient (Wildman–Crippen LogP) is 1.22. The van der Waals surface area contributed by atoms with Gasteiger partial charge in [0.05, 0.1) is 24.4 Å². The third kappa shape index (κ3) is 4.43. The van der Waals surface area contributed by atoms with Crippen molar-refractivity contribution in [3.05, 3.63) is 0 Å². The molecule has 2 atom stereocenters. The molecular formula is C15H28N2O3. The number of nitrogens with one attached hydrogen (secondary N) is 2. The van der Waals surface area contributed by atoms with E-state index in [4.69, 9.17) is 9.47 Å². The Morgan fingerprint density at radius 3 is 2.45 bits per heavy atom. The van der Waals surface area contributed by atoms with Crippen molar-refractivity contribution in [2.45, 2.75) is 76.3 Å². The Labute approximate surface area is 121 Å². The number of carbonyl (C=O) groups is 1. The topological polar surface area (TPSA) is 59.6 Å². The maximum Gasteiger partial charge on any atom is 0.237 e. The van der Waals surface area contributed by atoms with Crippen LogP contribution in [0.1, 0.15) is 46.0 Å². The number of methoxy groups -OCH3 is 1. The highest BCUT2D eigenvalue weighted by Crippen LogP contribution is 2.22. The van der Waals surface area contributed by atoms with Gasteiger partial charge in [-0.05, 0) is 46.0 Å². The maximum absolute atomic E-state index is 12.2. The number of hydrogen-bond donors (Lipinski definition) is 2. The number of carbonyl (C=O) groups excluding carboxylic acids is 1. The lowest BCUT2D eigenvalue weighted by Crippen LogP contribution is -2.46. The molecule has 5 heteroatoms. The van der Waals surface area contributed by atoms with Crippen molar-refractivity contribution in [2.24, 2.45) is 0 Å². The van der Waals surface area contributed by atoms with Gasteiger partial charge in [0.15, 0.2) is 0 Å². The molecule has 2 rings (SSSR count). The minimum absolute atomic E-state index is 0.0930. The third-order valence-electron chi connectivity index (χ3n) is 4.23. The summed E-state index contributed by atoms with van der Waals surface area (Å²) in [5.74, 6) is 0.123. The zero-order chi connectivity index (χ0) is 14.5. The molecule has 0 aromatic rings. The van der Waals surface area contributed by atoms with Crippen LogP contribution in [0.2, 0.25) is 0 Å². The second-order valence-electron chi connectivity index (χ2n) is 6.22. The average Bonchev–Trinajstić information content (AvgIpc) is 2.89. The van der Waals surface area contributed by atoms with E-state index in [1.54, 1.807) is 7.11 Å². The molecule has 1 amide bonds. The van der Waals surface area contributed by atoms with E-state index in [-0.39, 0.29) is 18.1 Å². The molecule has 0 radical (unpaired) electrons. The molecule has 0 unspecified atom stereocenters. The Hall–Kier alpha value is -0.650. The molecule has 2 aliphatic rings.